The molecule has 0 aliphatic rings. The number of hydrogen-bond donors (Lipinski definition) is 3. The Bertz CT molecular complexity index is 416. The molecule has 0 amide bonds. The highest BCUT2D eigenvalue weighted by atomic mass is 35.5. The molecular formula is C8H9Cl2N3O-2. The Hall–Kier alpha value is -0.970. The first-order valence-electron chi connectivity index (χ1n) is 3.64. The van der Waals surface area contributed by atoms with Crippen molar-refractivity contribution in [2.75, 3.05) is 5.73 Å². The molecule has 0 spiro atoms. The standard InChI is InChI=1S/C8H9N3O.2ClH/c9-5-1-2-6-7(3-5)11-8(4-12)10-6;;/h1-3,12H,4,9H2,(H,10,11);2*1H/p-2. The number of nitrogens with two attached hydrogens (primary N) is 1. The zero-order valence-corrected chi connectivity index (χ0v) is 8.68. The van der Waals surface area contributed by atoms with Crippen molar-refractivity contribution in [3.63, 3.8) is 0 Å². The maximum atomic E-state index is 8.78. The van der Waals surface area contributed by atoms with Crippen LogP contribution in [0.25, 0.3) is 11.0 Å². The van der Waals surface area contributed by atoms with Crippen molar-refractivity contribution < 1.29 is 29.9 Å². The number of rotatable bonds is 1. The number of aromatic nitrogens is 2. The predicted molar refractivity (Wildman–Crippen MR) is 46.4 cm³/mol. The minimum atomic E-state index is -0.0748. The molecule has 1 aromatic heterocycles. The van der Waals surface area contributed by atoms with Crippen LogP contribution in [-0.2, 0) is 6.61 Å². The van der Waals surface area contributed by atoms with Gasteiger partial charge in [-0.1, -0.05) is 0 Å². The third-order valence-corrected chi connectivity index (χ3v) is 1.70. The van der Waals surface area contributed by atoms with Gasteiger partial charge >= 0.3 is 0 Å². The van der Waals surface area contributed by atoms with E-state index in [9.17, 15) is 0 Å². The van der Waals surface area contributed by atoms with E-state index >= 15 is 0 Å². The number of fused-ring (bicyclic) bond motifs is 1. The monoisotopic (exact) mass is 233 g/mol. The lowest BCUT2D eigenvalue weighted by Gasteiger charge is -1.89. The smallest absolute Gasteiger partial charge is 0.133 e. The van der Waals surface area contributed by atoms with Crippen LogP contribution in [-0.4, -0.2) is 15.1 Å². The summed E-state index contributed by atoms with van der Waals surface area (Å²) in [5.41, 5.74) is 7.94. The van der Waals surface area contributed by atoms with Gasteiger partial charge in [0.1, 0.15) is 12.4 Å². The van der Waals surface area contributed by atoms with Crippen molar-refractivity contribution in [1.82, 2.24) is 9.97 Å². The molecule has 0 aliphatic heterocycles. The molecule has 1 heterocycles. The fraction of sp³-hybridized carbons (Fsp3) is 0.125. The van der Waals surface area contributed by atoms with E-state index in [0.717, 1.165) is 11.0 Å². The van der Waals surface area contributed by atoms with Gasteiger partial charge in [0, 0.05) is 5.69 Å². The molecule has 14 heavy (non-hydrogen) atoms. The maximum Gasteiger partial charge on any atom is 0.133 e. The second kappa shape index (κ2) is 5.05. The molecule has 2 aromatic rings. The number of imidazole rings is 1. The lowest BCUT2D eigenvalue weighted by molar-refractivity contribution is -0.001000. The molecule has 4 N–H and O–H groups in total. The molecule has 0 atom stereocenters. The van der Waals surface area contributed by atoms with E-state index in [1.54, 1.807) is 12.1 Å². The molecule has 0 aliphatic carbocycles. The summed E-state index contributed by atoms with van der Waals surface area (Å²) in [6, 6.07) is 5.39. The molecular weight excluding hydrogens is 225 g/mol. The van der Waals surface area contributed by atoms with E-state index < -0.39 is 0 Å². The summed E-state index contributed by atoms with van der Waals surface area (Å²) in [5.74, 6) is 0.565. The van der Waals surface area contributed by atoms with Crippen molar-refractivity contribution in [2.24, 2.45) is 0 Å². The molecule has 78 valence electrons. The van der Waals surface area contributed by atoms with Crippen molar-refractivity contribution in [2.45, 2.75) is 6.61 Å². The average Bonchev–Trinajstić information content (AvgIpc) is 2.46. The summed E-state index contributed by atoms with van der Waals surface area (Å²) in [5, 5.41) is 8.78. The van der Waals surface area contributed by atoms with Crippen LogP contribution in [0.3, 0.4) is 0 Å². The summed E-state index contributed by atoms with van der Waals surface area (Å²) >= 11 is 0. The van der Waals surface area contributed by atoms with Crippen LogP contribution in [0.4, 0.5) is 5.69 Å². The number of nitrogen functional groups attached to an aromatic ring is 1. The number of aliphatic hydroxyl groups is 1. The third kappa shape index (κ3) is 2.29. The highest BCUT2D eigenvalue weighted by molar-refractivity contribution is 5.78. The number of nitrogens with one attached hydrogen (secondary N) is 1. The molecule has 0 unspecified atom stereocenters. The summed E-state index contributed by atoms with van der Waals surface area (Å²) in [6.45, 7) is -0.0748. The van der Waals surface area contributed by atoms with Gasteiger partial charge in [-0.25, -0.2) is 4.98 Å². The predicted octanol–water partition coefficient (Wildman–Crippen LogP) is -5.35. The fourth-order valence-electron chi connectivity index (χ4n) is 1.15. The Morgan fingerprint density at radius 3 is 2.71 bits per heavy atom. The van der Waals surface area contributed by atoms with Gasteiger partial charge in [-0.3, -0.25) is 0 Å². The second-order valence-corrected chi connectivity index (χ2v) is 2.62. The van der Waals surface area contributed by atoms with Crippen LogP contribution in [0.5, 0.6) is 0 Å². The molecule has 6 heteroatoms. The Labute approximate surface area is 93.3 Å². The van der Waals surface area contributed by atoms with Crippen LogP contribution in [0.15, 0.2) is 18.2 Å². The molecule has 0 saturated heterocycles. The van der Waals surface area contributed by atoms with E-state index in [-0.39, 0.29) is 31.4 Å². The molecule has 0 fully saturated rings. The Morgan fingerprint density at radius 2 is 2.07 bits per heavy atom. The minimum absolute atomic E-state index is 0. The van der Waals surface area contributed by atoms with Gasteiger partial charge in [-0.05, 0) is 18.2 Å². The van der Waals surface area contributed by atoms with Gasteiger partial charge in [0.05, 0.1) is 11.0 Å². The number of nitrogens with zero attached hydrogens (tertiary/aromatic N) is 1. The molecule has 0 radical (unpaired) electrons. The van der Waals surface area contributed by atoms with Crippen LogP contribution in [0.2, 0.25) is 0 Å². The molecule has 4 nitrogen and oxygen atoms in total. The van der Waals surface area contributed by atoms with E-state index in [4.69, 9.17) is 10.8 Å². The number of halogens is 2. The van der Waals surface area contributed by atoms with Gasteiger partial charge in [-0.15, -0.1) is 0 Å². The summed E-state index contributed by atoms with van der Waals surface area (Å²) < 4.78 is 0. The Kier molecular flexibility index (Phi) is 4.70. The number of benzene rings is 1. The van der Waals surface area contributed by atoms with Crippen molar-refractivity contribution in [3.05, 3.63) is 24.0 Å². The van der Waals surface area contributed by atoms with Gasteiger partial charge in [0.25, 0.3) is 0 Å². The number of aliphatic hydroxyl groups excluding tert-OH is 1. The largest absolute Gasteiger partial charge is 1.00 e. The Balaban J connectivity index is 0.000000845. The van der Waals surface area contributed by atoms with Crippen molar-refractivity contribution in [3.8, 4) is 0 Å². The van der Waals surface area contributed by atoms with Crippen LogP contribution in [0, 0.1) is 0 Å². The van der Waals surface area contributed by atoms with Crippen molar-refractivity contribution in [1.29, 1.82) is 0 Å². The van der Waals surface area contributed by atoms with Gasteiger partial charge in [0.15, 0.2) is 0 Å². The highest BCUT2D eigenvalue weighted by Gasteiger charge is 2.00. The van der Waals surface area contributed by atoms with Gasteiger partial charge < -0.3 is 40.6 Å². The number of anilines is 1. The first-order valence-corrected chi connectivity index (χ1v) is 3.64. The number of aromatic amines is 1. The van der Waals surface area contributed by atoms with Crippen LogP contribution >= 0.6 is 0 Å². The quantitative estimate of drug-likeness (QED) is 0.431. The normalized spacial score (nSPS) is 9.21. The summed E-state index contributed by atoms with van der Waals surface area (Å²) in [7, 11) is 0. The lowest BCUT2D eigenvalue weighted by atomic mass is 10.3. The van der Waals surface area contributed by atoms with E-state index in [2.05, 4.69) is 9.97 Å². The second-order valence-electron chi connectivity index (χ2n) is 2.62. The lowest BCUT2D eigenvalue weighted by Crippen LogP contribution is -3.00. The fourth-order valence-corrected chi connectivity index (χ4v) is 1.15. The average molecular weight is 234 g/mol. The van der Waals surface area contributed by atoms with Gasteiger partial charge in [-0.2, -0.15) is 0 Å². The zero-order chi connectivity index (χ0) is 8.55. The minimum Gasteiger partial charge on any atom is -1.00 e. The summed E-state index contributed by atoms with van der Waals surface area (Å²) in [6.07, 6.45) is 0. The molecule has 2 rings (SSSR count). The number of H-pyrrole nitrogens is 1. The SMILES string of the molecule is Nc1ccc2nc(CO)[nH]c2c1.[Cl-].[Cl-]. The molecule has 0 saturated carbocycles. The first kappa shape index (κ1) is 13.0. The highest BCUT2D eigenvalue weighted by Crippen LogP contribution is 2.14. The maximum absolute atomic E-state index is 8.78. The van der Waals surface area contributed by atoms with Gasteiger partial charge in [0.2, 0.25) is 0 Å². The molecule has 1 aromatic carbocycles. The van der Waals surface area contributed by atoms with E-state index in [0.29, 0.717) is 11.5 Å². The first-order chi connectivity index (χ1) is 5.79. The van der Waals surface area contributed by atoms with Crippen LogP contribution in [0.1, 0.15) is 5.82 Å². The Morgan fingerprint density at radius 1 is 1.36 bits per heavy atom. The van der Waals surface area contributed by atoms with Crippen LogP contribution < -0.4 is 30.5 Å². The molecule has 0 bridgehead atoms. The third-order valence-electron chi connectivity index (χ3n) is 1.70. The van der Waals surface area contributed by atoms with E-state index in [1.807, 2.05) is 6.07 Å². The van der Waals surface area contributed by atoms with Crippen molar-refractivity contribution >= 4 is 16.7 Å². The number of hydrogen-bond acceptors (Lipinski definition) is 3. The summed E-state index contributed by atoms with van der Waals surface area (Å²) in [4.78, 5) is 7.06. The van der Waals surface area contributed by atoms with E-state index in [1.165, 1.54) is 0 Å². The topological polar surface area (TPSA) is 74.9 Å². The zero-order valence-electron chi connectivity index (χ0n) is 7.17.